The monoisotopic (exact) mass is 396 g/mol. The van der Waals surface area contributed by atoms with Gasteiger partial charge in [-0.1, -0.05) is 32.0 Å². The topological polar surface area (TPSA) is 34.5 Å². The lowest BCUT2D eigenvalue weighted by molar-refractivity contribution is -0.142. The van der Waals surface area contributed by atoms with Gasteiger partial charge in [-0.15, -0.1) is 0 Å². The van der Waals surface area contributed by atoms with Gasteiger partial charge in [-0.3, -0.25) is 4.79 Å². The van der Waals surface area contributed by atoms with Crippen LogP contribution in [0.4, 0.5) is 0 Å². The fourth-order valence-electron chi connectivity index (χ4n) is 5.59. The van der Waals surface area contributed by atoms with Gasteiger partial charge in [-0.25, -0.2) is 0 Å². The highest BCUT2D eigenvalue weighted by Gasteiger charge is 2.31. The Kier molecular flexibility index (Phi) is 6.29. The number of benzene rings is 1. The molecule has 158 valence electrons. The molecule has 0 unspecified atom stereocenters. The number of rotatable bonds is 5. The number of nitrogens with zero attached hydrogens (tertiary/aromatic N) is 2. The van der Waals surface area contributed by atoms with Crippen molar-refractivity contribution in [3.05, 3.63) is 36.0 Å². The molecule has 2 fully saturated rings. The number of piperidine rings is 1. The lowest BCUT2D eigenvalue weighted by Gasteiger charge is -2.42. The van der Waals surface area contributed by atoms with Crippen LogP contribution in [0.25, 0.3) is 10.9 Å². The maximum atomic E-state index is 11.4. The van der Waals surface area contributed by atoms with Crippen molar-refractivity contribution in [1.82, 2.24) is 9.47 Å². The molecule has 0 amide bonds. The zero-order valence-corrected chi connectivity index (χ0v) is 18.3. The Morgan fingerprint density at radius 2 is 1.72 bits per heavy atom. The molecular formula is C25H36N2O2. The minimum absolute atomic E-state index is 0.214. The third kappa shape index (κ3) is 4.53. The van der Waals surface area contributed by atoms with Crippen LogP contribution in [-0.2, 0) is 16.1 Å². The van der Waals surface area contributed by atoms with E-state index in [9.17, 15) is 4.79 Å². The standard InChI is InChI=1S/C25H36N2O2/c1-18(2)20-8-10-22(11-9-20)26-14-12-23(13-15-26)27-24(17-29-19(3)28)16-21-6-4-5-7-25(21)27/h4-7,16,18,20,22-23H,8-15,17H2,1-3H3/t20-,22+. The second kappa shape index (κ2) is 8.91. The van der Waals surface area contributed by atoms with Crippen LogP contribution in [0.15, 0.2) is 30.3 Å². The number of aromatic nitrogens is 1. The van der Waals surface area contributed by atoms with Gasteiger partial charge in [0.25, 0.3) is 0 Å². The Morgan fingerprint density at radius 3 is 2.38 bits per heavy atom. The number of esters is 1. The molecule has 0 N–H and O–H groups in total. The number of hydrogen-bond acceptors (Lipinski definition) is 3. The number of fused-ring (bicyclic) bond motifs is 1. The molecule has 1 saturated carbocycles. The van der Waals surface area contributed by atoms with Crippen molar-refractivity contribution in [3.8, 4) is 0 Å². The van der Waals surface area contributed by atoms with Crippen molar-refractivity contribution in [2.24, 2.45) is 11.8 Å². The van der Waals surface area contributed by atoms with E-state index in [1.165, 1.54) is 69.4 Å². The molecule has 2 aromatic rings. The van der Waals surface area contributed by atoms with Crippen LogP contribution in [0.3, 0.4) is 0 Å². The molecule has 0 bridgehead atoms. The average molecular weight is 397 g/mol. The van der Waals surface area contributed by atoms with E-state index in [0.717, 1.165) is 23.6 Å². The number of ether oxygens (including phenoxy) is 1. The second-order valence-corrected chi connectivity index (χ2v) is 9.42. The smallest absolute Gasteiger partial charge is 0.303 e. The van der Waals surface area contributed by atoms with Crippen molar-refractivity contribution in [2.75, 3.05) is 13.1 Å². The molecule has 2 aliphatic rings. The normalized spacial score (nSPS) is 24.3. The zero-order valence-electron chi connectivity index (χ0n) is 18.3. The summed E-state index contributed by atoms with van der Waals surface area (Å²) >= 11 is 0. The Balaban J connectivity index is 1.44. The average Bonchev–Trinajstić information content (AvgIpc) is 3.11. The highest BCUT2D eigenvalue weighted by atomic mass is 16.5. The summed E-state index contributed by atoms with van der Waals surface area (Å²) in [5.74, 6) is 1.55. The van der Waals surface area contributed by atoms with Gasteiger partial charge in [0.2, 0.25) is 0 Å². The van der Waals surface area contributed by atoms with Gasteiger partial charge in [-0.05, 0) is 67.9 Å². The Morgan fingerprint density at radius 1 is 1.03 bits per heavy atom. The molecular weight excluding hydrogens is 360 g/mol. The molecule has 4 heteroatoms. The first kappa shape index (κ1) is 20.5. The van der Waals surface area contributed by atoms with Gasteiger partial charge in [0.15, 0.2) is 0 Å². The lowest BCUT2D eigenvalue weighted by atomic mass is 9.79. The van der Waals surface area contributed by atoms with Crippen LogP contribution >= 0.6 is 0 Å². The molecule has 1 aliphatic heterocycles. The summed E-state index contributed by atoms with van der Waals surface area (Å²) < 4.78 is 7.81. The SMILES string of the molecule is CC(=O)OCc1cc2ccccc2n1C1CCN([C@H]2CC[C@@H](C(C)C)CC2)CC1. The van der Waals surface area contributed by atoms with Crippen LogP contribution < -0.4 is 0 Å². The third-order valence-corrected chi connectivity index (χ3v) is 7.32. The number of carbonyl (C=O) groups is 1. The van der Waals surface area contributed by atoms with Crippen molar-refractivity contribution in [1.29, 1.82) is 0 Å². The molecule has 0 radical (unpaired) electrons. The quantitative estimate of drug-likeness (QED) is 0.621. The van der Waals surface area contributed by atoms with Crippen LogP contribution in [-0.4, -0.2) is 34.6 Å². The summed E-state index contributed by atoms with van der Waals surface area (Å²) in [6, 6.07) is 12.0. The highest BCUT2D eigenvalue weighted by Crippen LogP contribution is 2.36. The number of hydrogen-bond donors (Lipinski definition) is 0. The van der Waals surface area contributed by atoms with E-state index in [0.29, 0.717) is 12.6 Å². The minimum Gasteiger partial charge on any atom is -0.459 e. The van der Waals surface area contributed by atoms with Gasteiger partial charge in [0.1, 0.15) is 6.61 Å². The van der Waals surface area contributed by atoms with E-state index in [2.05, 4.69) is 53.6 Å². The number of carbonyl (C=O) groups excluding carboxylic acids is 1. The maximum absolute atomic E-state index is 11.4. The predicted octanol–water partition coefficient (Wildman–Crippen LogP) is 5.56. The van der Waals surface area contributed by atoms with Crippen molar-refractivity contribution in [3.63, 3.8) is 0 Å². The van der Waals surface area contributed by atoms with E-state index in [-0.39, 0.29) is 5.97 Å². The first-order valence-corrected chi connectivity index (χ1v) is 11.5. The zero-order chi connectivity index (χ0) is 20.4. The summed E-state index contributed by atoms with van der Waals surface area (Å²) in [6.45, 7) is 8.97. The van der Waals surface area contributed by atoms with E-state index in [1.54, 1.807) is 0 Å². The molecule has 2 heterocycles. The highest BCUT2D eigenvalue weighted by molar-refractivity contribution is 5.81. The fraction of sp³-hybridized carbons (Fsp3) is 0.640. The second-order valence-electron chi connectivity index (χ2n) is 9.42. The first-order chi connectivity index (χ1) is 14.0. The number of para-hydroxylation sites is 1. The summed E-state index contributed by atoms with van der Waals surface area (Å²) in [5.41, 5.74) is 2.39. The molecule has 0 atom stereocenters. The van der Waals surface area contributed by atoms with Gasteiger partial charge < -0.3 is 14.2 Å². The lowest BCUT2D eigenvalue weighted by Crippen LogP contribution is -2.44. The van der Waals surface area contributed by atoms with Gasteiger partial charge in [0, 0.05) is 37.6 Å². The molecule has 4 nitrogen and oxygen atoms in total. The van der Waals surface area contributed by atoms with Gasteiger partial charge in [0.05, 0.1) is 5.69 Å². The van der Waals surface area contributed by atoms with E-state index in [1.807, 2.05) is 0 Å². The Bertz CT molecular complexity index is 824. The molecule has 1 aromatic heterocycles. The van der Waals surface area contributed by atoms with Gasteiger partial charge >= 0.3 is 5.97 Å². The Labute approximate surface area is 175 Å². The summed E-state index contributed by atoms with van der Waals surface area (Å²) in [4.78, 5) is 14.1. The third-order valence-electron chi connectivity index (χ3n) is 7.32. The van der Waals surface area contributed by atoms with Crippen LogP contribution in [0.2, 0.25) is 0 Å². The summed E-state index contributed by atoms with van der Waals surface area (Å²) in [6.07, 6.45) is 7.90. The Hall–Kier alpha value is -1.81. The van der Waals surface area contributed by atoms with E-state index >= 15 is 0 Å². The number of likely N-dealkylation sites (tertiary alicyclic amines) is 1. The van der Waals surface area contributed by atoms with Crippen molar-refractivity contribution < 1.29 is 9.53 Å². The minimum atomic E-state index is -0.214. The van der Waals surface area contributed by atoms with Crippen LogP contribution in [0.5, 0.6) is 0 Å². The van der Waals surface area contributed by atoms with Crippen LogP contribution in [0.1, 0.15) is 71.0 Å². The summed E-state index contributed by atoms with van der Waals surface area (Å²) in [7, 11) is 0. The molecule has 1 aliphatic carbocycles. The largest absolute Gasteiger partial charge is 0.459 e. The maximum Gasteiger partial charge on any atom is 0.303 e. The van der Waals surface area contributed by atoms with Crippen molar-refractivity contribution >= 4 is 16.9 Å². The first-order valence-electron chi connectivity index (χ1n) is 11.5. The molecule has 29 heavy (non-hydrogen) atoms. The van der Waals surface area contributed by atoms with Gasteiger partial charge in [-0.2, -0.15) is 0 Å². The van der Waals surface area contributed by atoms with E-state index < -0.39 is 0 Å². The fourth-order valence-corrected chi connectivity index (χ4v) is 5.59. The molecule has 1 saturated heterocycles. The molecule has 1 aromatic carbocycles. The van der Waals surface area contributed by atoms with Crippen molar-refractivity contribution in [2.45, 2.75) is 78.0 Å². The van der Waals surface area contributed by atoms with Crippen LogP contribution in [0, 0.1) is 11.8 Å². The predicted molar refractivity (Wildman–Crippen MR) is 118 cm³/mol. The molecule has 4 rings (SSSR count). The molecule has 0 spiro atoms. The summed E-state index contributed by atoms with van der Waals surface area (Å²) in [5, 5.41) is 1.24. The van der Waals surface area contributed by atoms with E-state index in [4.69, 9.17) is 4.74 Å².